The first-order valence-corrected chi connectivity index (χ1v) is 14.1. The predicted octanol–water partition coefficient (Wildman–Crippen LogP) is 3.94. The van der Waals surface area contributed by atoms with Crippen LogP contribution in [0.5, 0.6) is 0 Å². The molecule has 11 atom stereocenters. The Labute approximate surface area is 230 Å². The van der Waals surface area contributed by atoms with Crippen LogP contribution in [0.15, 0.2) is 36.4 Å². The highest BCUT2D eigenvalue weighted by molar-refractivity contribution is 5.87. The van der Waals surface area contributed by atoms with Gasteiger partial charge in [0.2, 0.25) is 0 Å². The van der Waals surface area contributed by atoms with Gasteiger partial charge >= 0.3 is 11.9 Å². The number of esters is 2. The van der Waals surface area contributed by atoms with Crippen molar-refractivity contribution in [2.45, 2.75) is 84.1 Å². The van der Waals surface area contributed by atoms with Gasteiger partial charge in [0.15, 0.2) is 6.29 Å². The zero-order chi connectivity index (χ0) is 27.9. The Kier molecular flexibility index (Phi) is 7.74. The topological polar surface area (TPSA) is 108 Å². The molecule has 1 aromatic rings. The molecule has 2 heterocycles. The smallest absolute Gasteiger partial charge is 0.331 e. The molecule has 0 bridgehead atoms. The summed E-state index contributed by atoms with van der Waals surface area (Å²) in [4.78, 5) is 37.8. The maximum absolute atomic E-state index is 13.1. The lowest BCUT2D eigenvalue weighted by atomic mass is 9.41. The number of ether oxygens (including phenoxy) is 4. The number of benzene rings is 1. The normalized spacial score (nSPS) is 43.5. The number of aliphatic hydroxyl groups is 1. The van der Waals surface area contributed by atoms with E-state index in [1.54, 1.807) is 6.08 Å². The molecule has 4 fully saturated rings. The van der Waals surface area contributed by atoms with E-state index in [1.165, 1.54) is 13.0 Å². The van der Waals surface area contributed by atoms with Crippen LogP contribution in [0, 0.1) is 34.5 Å². The summed E-state index contributed by atoms with van der Waals surface area (Å²) in [5, 5.41) is 12.0. The molecule has 4 aliphatic rings. The van der Waals surface area contributed by atoms with Crippen molar-refractivity contribution in [2.75, 3.05) is 6.61 Å². The highest BCUT2D eigenvalue weighted by Gasteiger charge is 2.70. The first-order valence-electron chi connectivity index (χ1n) is 14.1. The van der Waals surface area contributed by atoms with Gasteiger partial charge < -0.3 is 28.8 Å². The van der Waals surface area contributed by atoms with Crippen LogP contribution >= 0.6 is 0 Å². The van der Waals surface area contributed by atoms with Crippen LogP contribution in [0.25, 0.3) is 6.08 Å². The molecule has 2 aliphatic carbocycles. The number of carbonyl (C=O) groups excluding carboxylic acids is 3. The third-order valence-electron chi connectivity index (χ3n) is 10.3. The highest BCUT2D eigenvalue weighted by Crippen LogP contribution is 2.65. The van der Waals surface area contributed by atoms with Crippen molar-refractivity contribution in [2.24, 2.45) is 34.5 Å². The van der Waals surface area contributed by atoms with Crippen molar-refractivity contribution in [3.05, 3.63) is 42.0 Å². The first kappa shape index (κ1) is 28.0. The van der Waals surface area contributed by atoms with Gasteiger partial charge in [-0.05, 0) is 37.3 Å². The van der Waals surface area contributed by atoms with Gasteiger partial charge in [-0.2, -0.15) is 0 Å². The summed E-state index contributed by atoms with van der Waals surface area (Å²) >= 11 is 0. The molecule has 2 aliphatic heterocycles. The third-order valence-corrected chi connectivity index (χ3v) is 10.3. The fourth-order valence-corrected chi connectivity index (χ4v) is 8.19. The fourth-order valence-electron chi connectivity index (χ4n) is 8.19. The summed E-state index contributed by atoms with van der Waals surface area (Å²) in [7, 11) is 0. The fraction of sp³-hybridized carbons (Fsp3) is 0.645. The molecule has 5 rings (SSSR count). The number of aliphatic hydroxyl groups excluding tert-OH is 1. The van der Waals surface area contributed by atoms with Gasteiger partial charge in [0.25, 0.3) is 0 Å². The van der Waals surface area contributed by atoms with E-state index in [0.29, 0.717) is 19.4 Å². The van der Waals surface area contributed by atoms with Gasteiger partial charge in [-0.1, -0.05) is 51.1 Å². The Morgan fingerprint density at radius 2 is 1.82 bits per heavy atom. The molecule has 2 saturated heterocycles. The van der Waals surface area contributed by atoms with E-state index in [9.17, 15) is 19.5 Å². The number of fused-ring (bicyclic) bond motifs is 2. The van der Waals surface area contributed by atoms with Gasteiger partial charge in [0.1, 0.15) is 18.5 Å². The van der Waals surface area contributed by atoms with E-state index >= 15 is 0 Å². The quantitative estimate of drug-likeness (QED) is 0.328. The largest absolute Gasteiger partial charge is 0.462 e. The summed E-state index contributed by atoms with van der Waals surface area (Å²) in [5.74, 6) is -1.99. The number of hydrogen-bond donors (Lipinski definition) is 1. The molecule has 0 amide bonds. The molecule has 212 valence electrons. The van der Waals surface area contributed by atoms with Crippen molar-refractivity contribution in [1.82, 2.24) is 0 Å². The van der Waals surface area contributed by atoms with E-state index < -0.39 is 52.9 Å². The molecule has 0 unspecified atom stereocenters. The molecule has 1 aromatic carbocycles. The maximum Gasteiger partial charge on any atom is 0.331 e. The number of aldehydes is 1. The van der Waals surface area contributed by atoms with Gasteiger partial charge in [0, 0.05) is 47.5 Å². The lowest BCUT2D eigenvalue weighted by Gasteiger charge is -2.65. The van der Waals surface area contributed by atoms with Crippen LogP contribution in [0.4, 0.5) is 0 Å². The van der Waals surface area contributed by atoms with E-state index in [4.69, 9.17) is 18.9 Å². The van der Waals surface area contributed by atoms with Crippen LogP contribution in [0.3, 0.4) is 0 Å². The van der Waals surface area contributed by atoms with E-state index in [-0.39, 0.29) is 24.2 Å². The molecule has 0 spiro atoms. The molecule has 8 nitrogen and oxygen atoms in total. The molecule has 2 saturated carbocycles. The minimum Gasteiger partial charge on any atom is -0.462 e. The molecular weight excluding hydrogens is 500 g/mol. The van der Waals surface area contributed by atoms with Crippen molar-refractivity contribution in [3.63, 3.8) is 0 Å². The van der Waals surface area contributed by atoms with Gasteiger partial charge in [-0.25, -0.2) is 4.79 Å². The summed E-state index contributed by atoms with van der Waals surface area (Å²) < 4.78 is 24.3. The summed E-state index contributed by atoms with van der Waals surface area (Å²) in [5.41, 5.74) is -0.860. The zero-order valence-corrected chi connectivity index (χ0v) is 23.2. The monoisotopic (exact) mass is 540 g/mol. The molecule has 39 heavy (non-hydrogen) atoms. The van der Waals surface area contributed by atoms with Crippen molar-refractivity contribution in [3.8, 4) is 0 Å². The second kappa shape index (κ2) is 10.8. The van der Waals surface area contributed by atoms with E-state index in [0.717, 1.165) is 24.7 Å². The van der Waals surface area contributed by atoms with Crippen LogP contribution < -0.4 is 0 Å². The highest BCUT2D eigenvalue weighted by atomic mass is 16.7. The van der Waals surface area contributed by atoms with Gasteiger partial charge in [-0.15, -0.1) is 0 Å². The number of rotatable bonds is 6. The van der Waals surface area contributed by atoms with Crippen molar-refractivity contribution in [1.29, 1.82) is 0 Å². The number of hydrogen-bond acceptors (Lipinski definition) is 8. The predicted molar refractivity (Wildman–Crippen MR) is 142 cm³/mol. The Hall–Kier alpha value is -2.55. The molecule has 1 N–H and O–H groups in total. The van der Waals surface area contributed by atoms with E-state index in [2.05, 4.69) is 6.92 Å². The summed E-state index contributed by atoms with van der Waals surface area (Å²) in [6.07, 6.45) is 3.43. The lowest BCUT2D eigenvalue weighted by Crippen LogP contribution is -2.71. The Balaban J connectivity index is 1.53. The summed E-state index contributed by atoms with van der Waals surface area (Å²) in [6.45, 7) is 7.98. The second-order valence-electron chi connectivity index (χ2n) is 12.2. The molecule has 8 heteroatoms. The van der Waals surface area contributed by atoms with Crippen molar-refractivity contribution < 1.29 is 38.4 Å². The van der Waals surface area contributed by atoms with Crippen LogP contribution in [0.2, 0.25) is 0 Å². The summed E-state index contributed by atoms with van der Waals surface area (Å²) in [6, 6.07) is 9.43. The minimum absolute atomic E-state index is 0.254. The van der Waals surface area contributed by atoms with E-state index in [1.807, 2.05) is 44.2 Å². The third kappa shape index (κ3) is 4.74. The van der Waals surface area contributed by atoms with Crippen LogP contribution in [-0.2, 0) is 33.3 Å². The second-order valence-corrected chi connectivity index (χ2v) is 12.2. The van der Waals surface area contributed by atoms with Gasteiger partial charge in [-0.3, -0.25) is 4.79 Å². The SMILES string of the molecule is CC(=O)O[C@@H]1CC[C@@H](C=O)[C@@]2(C)[C@H]1[C@@](C)([C@H]1C[C@@H]3CCO[C@H]3O1)[C@H](C)[C@@H](OC(=O)/C=C/c1ccccc1)[C@@H]2O. The molecule has 0 aromatic heterocycles. The van der Waals surface area contributed by atoms with Crippen LogP contribution in [0.1, 0.15) is 58.9 Å². The molecule has 0 radical (unpaired) electrons. The average molecular weight is 541 g/mol. The first-order chi connectivity index (χ1) is 18.6. The maximum atomic E-state index is 13.1. The Morgan fingerprint density at radius 1 is 1.08 bits per heavy atom. The van der Waals surface area contributed by atoms with Crippen LogP contribution in [-0.4, -0.2) is 60.6 Å². The number of carbonyl (C=O) groups is 3. The molecular formula is C31H40O8. The standard InChI is InChI=1S/C31H40O8/c1-18-26(39-25(34)13-10-20-8-6-5-7-9-20)28(35)31(4)22(17-32)11-12-23(37-19(2)33)27(31)30(18,3)24-16-21-14-15-36-29(21)38-24/h5-10,13,17-18,21-24,26-29,35H,11-12,14-16H2,1-4H3/b13-10+/t18-,21+,22+,23-,24-,26-,27-,28+,29+,30-,31+/m1/s1. The lowest BCUT2D eigenvalue weighted by molar-refractivity contribution is -0.284. The van der Waals surface area contributed by atoms with Crippen molar-refractivity contribution >= 4 is 24.3 Å². The Morgan fingerprint density at radius 3 is 2.49 bits per heavy atom. The Bertz CT molecular complexity index is 1090. The average Bonchev–Trinajstić information content (AvgIpc) is 3.52. The zero-order valence-electron chi connectivity index (χ0n) is 23.2. The minimum atomic E-state index is -1.15. The van der Waals surface area contributed by atoms with Gasteiger partial charge in [0.05, 0.1) is 18.8 Å².